The summed E-state index contributed by atoms with van der Waals surface area (Å²) in [4.78, 5) is 12.7. The van der Waals surface area contributed by atoms with Gasteiger partial charge < -0.3 is 10.0 Å². The minimum atomic E-state index is -0.976. The van der Waals surface area contributed by atoms with Crippen molar-refractivity contribution in [1.29, 1.82) is 0 Å². The molecule has 0 atom stereocenters. The Morgan fingerprint density at radius 2 is 2.27 bits per heavy atom. The van der Waals surface area contributed by atoms with Crippen LogP contribution >= 0.6 is 0 Å². The van der Waals surface area contributed by atoms with Gasteiger partial charge in [0.15, 0.2) is 5.82 Å². The Kier molecular flexibility index (Phi) is 3.60. The SMILES string of the molecule is CC(C)CN(C)c1nnccc1C(=O)O. The van der Waals surface area contributed by atoms with E-state index in [1.165, 1.54) is 12.3 Å². The van der Waals surface area contributed by atoms with Crippen molar-refractivity contribution in [2.45, 2.75) is 13.8 Å². The summed E-state index contributed by atoms with van der Waals surface area (Å²) in [6.45, 7) is 4.87. The van der Waals surface area contributed by atoms with Crippen LogP contribution < -0.4 is 4.90 Å². The molecule has 15 heavy (non-hydrogen) atoms. The number of nitrogens with zero attached hydrogens (tertiary/aromatic N) is 3. The maximum absolute atomic E-state index is 10.9. The van der Waals surface area contributed by atoms with Crippen LogP contribution in [0.3, 0.4) is 0 Å². The van der Waals surface area contributed by atoms with E-state index in [4.69, 9.17) is 5.11 Å². The fourth-order valence-corrected chi connectivity index (χ4v) is 1.41. The third-order valence-electron chi connectivity index (χ3n) is 1.93. The second-order valence-electron chi connectivity index (χ2n) is 3.85. The Labute approximate surface area is 88.7 Å². The lowest BCUT2D eigenvalue weighted by atomic mass is 10.2. The van der Waals surface area contributed by atoms with Crippen LogP contribution in [-0.4, -0.2) is 34.9 Å². The van der Waals surface area contributed by atoms with Crippen molar-refractivity contribution in [3.63, 3.8) is 0 Å². The molecule has 1 aromatic rings. The summed E-state index contributed by atoms with van der Waals surface area (Å²) in [5.41, 5.74) is 0.188. The van der Waals surface area contributed by atoms with Crippen molar-refractivity contribution in [2.24, 2.45) is 5.92 Å². The molecule has 1 heterocycles. The number of carboxylic acid groups (broad SMARTS) is 1. The molecule has 1 N–H and O–H groups in total. The minimum Gasteiger partial charge on any atom is -0.478 e. The van der Waals surface area contributed by atoms with Gasteiger partial charge in [-0.2, -0.15) is 5.10 Å². The number of aromatic carboxylic acids is 1. The second-order valence-corrected chi connectivity index (χ2v) is 3.85. The molecule has 82 valence electrons. The molecule has 5 nitrogen and oxygen atoms in total. The summed E-state index contributed by atoms with van der Waals surface area (Å²) in [6, 6.07) is 1.46. The van der Waals surface area contributed by atoms with E-state index in [1.54, 1.807) is 4.90 Å². The van der Waals surface area contributed by atoms with E-state index in [-0.39, 0.29) is 5.56 Å². The molecule has 0 aliphatic heterocycles. The highest BCUT2D eigenvalue weighted by molar-refractivity contribution is 5.92. The molecule has 0 fully saturated rings. The van der Waals surface area contributed by atoms with Crippen LogP contribution in [0.1, 0.15) is 24.2 Å². The first-order chi connectivity index (χ1) is 7.02. The Morgan fingerprint density at radius 3 is 2.80 bits per heavy atom. The van der Waals surface area contributed by atoms with Crippen LogP contribution in [-0.2, 0) is 0 Å². The van der Waals surface area contributed by atoms with Crippen LogP contribution in [0.15, 0.2) is 12.3 Å². The summed E-state index contributed by atoms with van der Waals surface area (Å²) >= 11 is 0. The zero-order valence-electron chi connectivity index (χ0n) is 9.14. The lowest BCUT2D eigenvalue weighted by Gasteiger charge is -2.20. The van der Waals surface area contributed by atoms with Gasteiger partial charge in [0.05, 0.1) is 6.20 Å². The van der Waals surface area contributed by atoms with Gasteiger partial charge in [0, 0.05) is 13.6 Å². The largest absolute Gasteiger partial charge is 0.478 e. The maximum atomic E-state index is 10.9. The van der Waals surface area contributed by atoms with Crippen molar-refractivity contribution in [2.75, 3.05) is 18.5 Å². The third-order valence-corrected chi connectivity index (χ3v) is 1.93. The quantitative estimate of drug-likeness (QED) is 0.808. The van der Waals surface area contributed by atoms with Gasteiger partial charge in [-0.05, 0) is 12.0 Å². The average molecular weight is 209 g/mol. The number of carbonyl (C=O) groups is 1. The molecule has 0 saturated carbocycles. The third kappa shape index (κ3) is 2.90. The van der Waals surface area contributed by atoms with Crippen molar-refractivity contribution in [3.8, 4) is 0 Å². The molecule has 1 aromatic heterocycles. The Morgan fingerprint density at radius 1 is 1.60 bits per heavy atom. The molecular weight excluding hydrogens is 194 g/mol. The molecule has 0 radical (unpaired) electrons. The molecule has 0 unspecified atom stereocenters. The van der Waals surface area contributed by atoms with Crippen LogP contribution in [0.2, 0.25) is 0 Å². The highest BCUT2D eigenvalue weighted by Gasteiger charge is 2.15. The molecule has 0 bridgehead atoms. The highest BCUT2D eigenvalue weighted by atomic mass is 16.4. The van der Waals surface area contributed by atoms with Crippen LogP contribution in [0.25, 0.3) is 0 Å². The lowest BCUT2D eigenvalue weighted by molar-refractivity contribution is 0.0697. The number of carboxylic acids is 1. The van der Waals surface area contributed by atoms with Gasteiger partial charge in [-0.3, -0.25) is 0 Å². The fraction of sp³-hybridized carbons (Fsp3) is 0.500. The molecule has 0 aliphatic carbocycles. The van der Waals surface area contributed by atoms with E-state index in [0.29, 0.717) is 11.7 Å². The van der Waals surface area contributed by atoms with E-state index in [2.05, 4.69) is 24.0 Å². The van der Waals surface area contributed by atoms with Crippen molar-refractivity contribution in [3.05, 3.63) is 17.8 Å². The van der Waals surface area contributed by atoms with Gasteiger partial charge in [0.1, 0.15) is 5.56 Å². The van der Waals surface area contributed by atoms with Gasteiger partial charge in [-0.25, -0.2) is 4.79 Å². The van der Waals surface area contributed by atoms with E-state index in [9.17, 15) is 4.79 Å². The van der Waals surface area contributed by atoms with Gasteiger partial charge in [-0.15, -0.1) is 5.10 Å². The van der Waals surface area contributed by atoms with Crippen molar-refractivity contribution >= 4 is 11.8 Å². The zero-order valence-corrected chi connectivity index (χ0v) is 9.14. The number of hydrogen-bond acceptors (Lipinski definition) is 4. The van der Waals surface area contributed by atoms with Gasteiger partial charge in [0.25, 0.3) is 0 Å². The summed E-state index contributed by atoms with van der Waals surface area (Å²) in [7, 11) is 1.82. The number of aromatic nitrogens is 2. The van der Waals surface area contributed by atoms with E-state index in [0.717, 1.165) is 6.54 Å². The first-order valence-corrected chi connectivity index (χ1v) is 4.78. The maximum Gasteiger partial charge on any atom is 0.339 e. The fourth-order valence-electron chi connectivity index (χ4n) is 1.41. The summed E-state index contributed by atoms with van der Waals surface area (Å²) < 4.78 is 0. The topological polar surface area (TPSA) is 66.3 Å². The van der Waals surface area contributed by atoms with E-state index < -0.39 is 5.97 Å². The first-order valence-electron chi connectivity index (χ1n) is 4.78. The lowest BCUT2D eigenvalue weighted by Crippen LogP contribution is -2.25. The van der Waals surface area contributed by atoms with Gasteiger partial charge in [-0.1, -0.05) is 13.8 Å². The predicted octanol–water partition coefficient (Wildman–Crippen LogP) is 1.27. The standard InChI is InChI=1S/C10H15N3O2/c1-7(2)6-13(3)9-8(10(14)15)4-5-11-12-9/h4-5,7H,6H2,1-3H3,(H,14,15). The second kappa shape index (κ2) is 4.72. The summed E-state index contributed by atoms with van der Waals surface area (Å²) in [5.74, 6) is -0.118. The van der Waals surface area contributed by atoms with Gasteiger partial charge in [0.2, 0.25) is 0 Å². The monoisotopic (exact) mass is 209 g/mol. The number of anilines is 1. The molecule has 0 saturated heterocycles. The minimum absolute atomic E-state index is 0.188. The van der Waals surface area contributed by atoms with Crippen LogP contribution in [0.4, 0.5) is 5.82 Å². The zero-order chi connectivity index (χ0) is 11.4. The van der Waals surface area contributed by atoms with Crippen molar-refractivity contribution in [1.82, 2.24) is 10.2 Å². The average Bonchev–Trinajstić information content (AvgIpc) is 2.16. The summed E-state index contributed by atoms with van der Waals surface area (Å²) in [6.07, 6.45) is 1.39. The number of rotatable bonds is 4. The van der Waals surface area contributed by atoms with Crippen molar-refractivity contribution < 1.29 is 9.90 Å². The molecule has 1 rings (SSSR count). The predicted molar refractivity (Wildman–Crippen MR) is 57.1 cm³/mol. The molecule has 0 spiro atoms. The molecular formula is C10H15N3O2. The van der Waals surface area contributed by atoms with Crippen LogP contribution in [0.5, 0.6) is 0 Å². The van der Waals surface area contributed by atoms with Gasteiger partial charge >= 0.3 is 5.97 Å². The molecule has 0 aromatic carbocycles. The summed E-state index contributed by atoms with van der Waals surface area (Å²) in [5, 5.41) is 16.5. The van der Waals surface area contributed by atoms with Crippen LogP contribution in [0, 0.1) is 5.92 Å². The van der Waals surface area contributed by atoms with E-state index >= 15 is 0 Å². The highest BCUT2D eigenvalue weighted by Crippen LogP contribution is 2.15. The first kappa shape index (κ1) is 11.4. The normalized spacial score (nSPS) is 10.4. The molecule has 0 aliphatic rings. The Balaban J connectivity index is 2.97. The Hall–Kier alpha value is -1.65. The molecule has 0 amide bonds. The number of hydrogen-bond donors (Lipinski definition) is 1. The smallest absolute Gasteiger partial charge is 0.339 e. The van der Waals surface area contributed by atoms with E-state index in [1.807, 2.05) is 7.05 Å². The Bertz CT molecular complexity index is 352. The molecule has 5 heteroatoms.